The lowest BCUT2D eigenvalue weighted by Gasteiger charge is -2.14. The molecule has 0 aromatic heterocycles. The smallest absolute Gasteiger partial charge is 0.223 e. The number of rotatable bonds is 5. The van der Waals surface area contributed by atoms with Crippen LogP contribution in [0.2, 0.25) is 0 Å². The summed E-state index contributed by atoms with van der Waals surface area (Å²) in [5.41, 5.74) is 3.14. The van der Waals surface area contributed by atoms with Crippen LogP contribution in [0.25, 0.3) is 0 Å². The molecule has 0 aromatic carbocycles. The van der Waals surface area contributed by atoms with Crippen LogP contribution in [0.5, 0.6) is 0 Å². The van der Waals surface area contributed by atoms with E-state index >= 15 is 0 Å². The summed E-state index contributed by atoms with van der Waals surface area (Å²) in [5.74, 6) is 0.528. The van der Waals surface area contributed by atoms with Crippen molar-refractivity contribution >= 4 is 11.6 Å². The summed E-state index contributed by atoms with van der Waals surface area (Å²) in [6.45, 7) is 3.80. The Balaban J connectivity index is 2.36. The number of ketones is 2. The van der Waals surface area contributed by atoms with E-state index in [9.17, 15) is 9.59 Å². The van der Waals surface area contributed by atoms with Gasteiger partial charge in [-0.05, 0) is 48.8 Å². The second-order valence-corrected chi connectivity index (χ2v) is 5.66. The Morgan fingerprint density at radius 2 is 1.42 bits per heavy atom. The van der Waals surface area contributed by atoms with E-state index in [0.29, 0.717) is 23.5 Å². The fraction of sp³-hybridized carbons (Fsp3) is 0.300. The Labute approximate surface area is 142 Å². The molecular weight excluding hydrogens is 304 g/mol. The van der Waals surface area contributed by atoms with Crippen molar-refractivity contribution in [3.8, 4) is 0 Å². The van der Waals surface area contributed by atoms with E-state index < -0.39 is 0 Å². The Bertz CT molecular complexity index is 740. The zero-order valence-electron chi connectivity index (χ0n) is 14.5. The minimum atomic E-state index is -0.0998. The Hall–Kier alpha value is -2.62. The largest absolute Gasteiger partial charge is 0.493 e. The number of methoxy groups -OCH3 is 2. The number of carbonyl (C=O) groups excluding carboxylic acids is 2. The minimum Gasteiger partial charge on any atom is -0.493 e. The number of allylic oxidation sites excluding steroid dienone is 10. The molecule has 126 valence electrons. The zero-order valence-corrected chi connectivity index (χ0v) is 14.5. The third kappa shape index (κ3) is 3.82. The summed E-state index contributed by atoms with van der Waals surface area (Å²) in [6, 6.07) is 0. The van der Waals surface area contributed by atoms with Crippen molar-refractivity contribution in [2.45, 2.75) is 26.7 Å². The van der Waals surface area contributed by atoms with Crippen LogP contribution in [-0.2, 0) is 19.1 Å². The molecule has 0 bridgehead atoms. The molecule has 0 spiro atoms. The molecule has 0 unspecified atom stereocenters. The van der Waals surface area contributed by atoms with E-state index in [1.165, 1.54) is 14.2 Å². The molecule has 4 heteroatoms. The van der Waals surface area contributed by atoms with Crippen LogP contribution in [0.15, 0.2) is 70.3 Å². The van der Waals surface area contributed by atoms with Crippen molar-refractivity contribution in [1.29, 1.82) is 0 Å². The van der Waals surface area contributed by atoms with Crippen LogP contribution in [0.1, 0.15) is 26.7 Å². The summed E-state index contributed by atoms with van der Waals surface area (Å²) in [5, 5.41) is 0. The summed E-state index contributed by atoms with van der Waals surface area (Å²) >= 11 is 0. The third-order valence-corrected chi connectivity index (χ3v) is 3.84. The number of hydrogen-bond acceptors (Lipinski definition) is 4. The highest BCUT2D eigenvalue weighted by Crippen LogP contribution is 2.24. The highest BCUT2D eigenvalue weighted by Gasteiger charge is 2.20. The molecule has 4 nitrogen and oxygen atoms in total. The zero-order chi connectivity index (χ0) is 17.7. The molecule has 0 saturated heterocycles. The van der Waals surface area contributed by atoms with Crippen LogP contribution in [0.3, 0.4) is 0 Å². The van der Waals surface area contributed by atoms with Gasteiger partial charge in [0.25, 0.3) is 0 Å². The van der Waals surface area contributed by atoms with Gasteiger partial charge in [0.15, 0.2) is 11.5 Å². The van der Waals surface area contributed by atoms with Gasteiger partial charge in [-0.15, -0.1) is 0 Å². The Morgan fingerprint density at radius 1 is 0.875 bits per heavy atom. The van der Waals surface area contributed by atoms with Crippen molar-refractivity contribution in [3.63, 3.8) is 0 Å². The lowest BCUT2D eigenvalue weighted by Crippen LogP contribution is -2.12. The molecule has 0 fully saturated rings. The molecule has 0 atom stereocenters. The van der Waals surface area contributed by atoms with Crippen LogP contribution in [0.4, 0.5) is 0 Å². The molecular formula is C20H22O4. The van der Waals surface area contributed by atoms with E-state index in [1.807, 2.05) is 31.2 Å². The molecule has 24 heavy (non-hydrogen) atoms. The summed E-state index contributed by atoms with van der Waals surface area (Å²) in [4.78, 5) is 24.0. The van der Waals surface area contributed by atoms with Gasteiger partial charge < -0.3 is 9.47 Å². The van der Waals surface area contributed by atoms with Crippen molar-refractivity contribution < 1.29 is 19.1 Å². The maximum atomic E-state index is 12.2. The molecule has 0 N–H and O–H groups in total. The molecule has 0 aliphatic heterocycles. The van der Waals surface area contributed by atoms with Gasteiger partial charge in [-0.25, -0.2) is 0 Å². The molecule has 2 aliphatic rings. The summed E-state index contributed by atoms with van der Waals surface area (Å²) < 4.78 is 10.3. The van der Waals surface area contributed by atoms with Crippen LogP contribution >= 0.6 is 0 Å². The van der Waals surface area contributed by atoms with E-state index in [1.54, 1.807) is 19.1 Å². The van der Waals surface area contributed by atoms with Gasteiger partial charge in [-0.1, -0.05) is 25.5 Å². The third-order valence-electron chi connectivity index (χ3n) is 3.84. The second kappa shape index (κ2) is 7.77. The number of carbonyl (C=O) groups is 2. The molecule has 0 radical (unpaired) electrons. The first-order valence-corrected chi connectivity index (χ1v) is 7.91. The molecule has 0 aromatic rings. The highest BCUT2D eigenvalue weighted by atomic mass is 16.5. The van der Waals surface area contributed by atoms with Gasteiger partial charge >= 0.3 is 0 Å². The van der Waals surface area contributed by atoms with Gasteiger partial charge in [0.05, 0.1) is 14.2 Å². The lowest BCUT2D eigenvalue weighted by atomic mass is 9.94. The molecule has 0 heterocycles. The average Bonchev–Trinajstić information content (AvgIpc) is 2.58. The van der Waals surface area contributed by atoms with Crippen LogP contribution < -0.4 is 0 Å². The normalized spacial score (nSPS) is 21.3. The number of hydrogen-bond donors (Lipinski definition) is 0. The fourth-order valence-corrected chi connectivity index (χ4v) is 2.60. The topological polar surface area (TPSA) is 52.6 Å². The van der Waals surface area contributed by atoms with Crippen LogP contribution in [-0.4, -0.2) is 25.8 Å². The summed E-state index contributed by atoms with van der Waals surface area (Å²) in [7, 11) is 2.99. The number of Topliss-reactive ketones (excluding diaryl/α,β-unsaturated/α-hetero) is 2. The molecule has 0 saturated carbocycles. The maximum absolute atomic E-state index is 12.2. The van der Waals surface area contributed by atoms with Gasteiger partial charge in [0.1, 0.15) is 0 Å². The first-order valence-electron chi connectivity index (χ1n) is 7.91. The average molecular weight is 326 g/mol. The predicted octanol–water partition coefficient (Wildman–Crippen LogP) is 3.74. The maximum Gasteiger partial charge on any atom is 0.223 e. The van der Waals surface area contributed by atoms with Gasteiger partial charge in [-0.3, -0.25) is 9.59 Å². The van der Waals surface area contributed by atoms with Gasteiger partial charge in [-0.2, -0.15) is 0 Å². The van der Waals surface area contributed by atoms with Gasteiger partial charge in [0, 0.05) is 11.1 Å². The molecule has 0 amide bonds. The Morgan fingerprint density at radius 3 is 1.96 bits per heavy atom. The summed E-state index contributed by atoms with van der Waals surface area (Å²) in [6.07, 6.45) is 12.5. The monoisotopic (exact) mass is 326 g/mol. The lowest BCUT2D eigenvalue weighted by molar-refractivity contribution is -0.115. The fourth-order valence-electron chi connectivity index (χ4n) is 2.60. The van der Waals surface area contributed by atoms with E-state index in [0.717, 1.165) is 23.1 Å². The molecule has 2 rings (SSSR count). The SMILES string of the molecule is CCCC1=C/C(=C/C=C2/C=C(C)C(=O)C(OC)=C2)C=C(OC)C1=O. The Kier molecular flexibility index (Phi) is 5.74. The van der Waals surface area contributed by atoms with Crippen molar-refractivity contribution in [2.24, 2.45) is 0 Å². The first kappa shape index (κ1) is 17.7. The standard InChI is InChI=1S/C20H22O4/c1-5-6-16-10-15(12-18(24-4)20(16)22)8-7-14-9-13(2)19(21)17(11-14)23-3/h7-12H,5-6H2,1-4H3/b14-7-,15-8-. The quantitative estimate of drug-likeness (QED) is 0.772. The van der Waals surface area contributed by atoms with E-state index in [4.69, 9.17) is 9.47 Å². The van der Waals surface area contributed by atoms with E-state index in [2.05, 4.69) is 0 Å². The van der Waals surface area contributed by atoms with Crippen molar-refractivity contribution in [3.05, 3.63) is 70.3 Å². The first-order chi connectivity index (χ1) is 11.5. The highest BCUT2D eigenvalue weighted by molar-refractivity contribution is 6.09. The number of ether oxygens (including phenoxy) is 2. The van der Waals surface area contributed by atoms with Crippen molar-refractivity contribution in [2.75, 3.05) is 14.2 Å². The van der Waals surface area contributed by atoms with Crippen molar-refractivity contribution in [1.82, 2.24) is 0 Å². The minimum absolute atomic E-state index is 0.0512. The predicted molar refractivity (Wildman–Crippen MR) is 93.1 cm³/mol. The van der Waals surface area contributed by atoms with Crippen LogP contribution in [0, 0.1) is 0 Å². The second-order valence-electron chi connectivity index (χ2n) is 5.66. The van der Waals surface area contributed by atoms with E-state index in [-0.39, 0.29) is 11.6 Å². The molecule has 2 aliphatic carbocycles. The van der Waals surface area contributed by atoms with Gasteiger partial charge in [0.2, 0.25) is 11.6 Å².